The lowest BCUT2D eigenvalue weighted by Crippen LogP contribution is -2.19. The largest absolute Gasteiger partial charge is 0.505 e. The third-order valence-electron chi connectivity index (χ3n) is 3.63. The van der Waals surface area contributed by atoms with Crippen molar-refractivity contribution in [2.24, 2.45) is 0 Å². The molecule has 0 amide bonds. The Morgan fingerprint density at radius 3 is 2.36 bits per heavy atom. The number of hydrogen-bond donors (Lipinski definition) is 0. The minimum atomic E-state index is -4.54. The van der Waals surface area contributed by atoms with Gasteiger partial charge in [0.05, 0.1) is 11.4 Å². The fraction of sp³-hybridized carbons (Fsp3) is 0.235. The molecule has 1 heterocycles. The Bertz CT molecular complexity index is 811. The van der Waals surface area contributed by atoms with Crippen LogP contribution in [0.2, 0.25) is 0 Å². The lowest BCUT2D eigenvalue weighted by molar-refractivity contribution is -0.211. The molecule has 0 unspecified atom stereocenters. The van der Waals surface area contributed by atoms with Crippen LogP contribution in [-0.4, -0.2) is 9.78 Å². The Kier molecular flexibility index (Phi) is 3.43. The van der Waals surface area contributed by atoms with Gasteiger partial charge in [-0.3, -0.25) is 0 Å². The molecule has 0 atom stereocenters. The second-order valence-electron chi connectivity index (χ2n) is 5.52. The highest BCUT2D eigenvalue weighted by Crippen LogP contribution is 2.35. The molecule has 2 nitrogen and oxygen atoms in total. The first kappa shape index (κ1) is 14.6. The molecule has 0 bridgehead atoms. The summed E-state index contributed by atoms with van der Waals surface area (Å²) in [5.41, 5.74) is 1.04. The van der Waals surface area contributed by atoms with E-state index in [9.17, 15) is 13.2 Å². The Morgan fingerprint density at radius 2 is 1.68 bits per heavy atom. The van der Waals surface area contributed by atoms with E-state index in [4.69, 9.17) is 0 Å². The number of fused-ring (bicyclic) bond motifs is 1. The molecule has 0 aliphatic carbocycles. The predicted octanol–water partition coefficient (Wildman–Crippen LogP) is 5.30. The van der Waals surface area contributed by atoms with Crippen LogP contribution in [0.1, 0.15) is 25.5 Å². The number of alkyl halides is 3. The van der Waals surface area contributed by atoms with E-state index in [1.165, 1.54) is 6.07 Å². The Morgan fingerprint density at radius 1 is 1.00 bits per heavy atom. The molecule has 5 heteroatoms. The zero-order chi connectivity index (χ0) is 15.9. The van der Waals surface area contributed by atoms with E-state index in [-0.39, 0.29) is 16.3 Å². The predicted molar refractivity (Wildman–Crippen MR) is 80.6 cm³/mol. The summed E-state index contributed by atoms with van der Waals surface area (Å²) in [6.45, 7) is 3.66. The van der Waals surface area contributed by atoms with E-state index in [2.05, 4.69) is 5.10 Å². The third-order valence-corrected chi connectivity index (χ3v) is 3.63. The highest BCUT2D eigenvalue weighted by atomic mass is 19.4. The Labute approximate surface area is 126 Å². The zero-order valence-electron chi connectivity index (χ0n) is 12.2. The van der Waals surface area contributed by atoms with Gasteiger partial charge in [0.15, 0.2) is 0 Å². The second-order valence-corrected chi connectivity index (χ2v) is 5.52. The van der Waals surface area contributed by atoms with Crippen molar-refractivity contribution in [3.63, 3.8) is 0 Å². The minimum Gasteiger partial charge on any atom is -0.171 e. The lowest BCUT2D eigenvalue weighted by atomic mass is 10.0. The van der Waals surface area contributed by atoms with Gasteiger partial charge in [-0.05, 0) is 22.8 Å². The van der Waals surface area contributed by atoms with E-state index in [1.807, 2.05) is 44.2 Å². The molecule has 0 aliphatic rings. The van der Waals surface area contributed by atoms with Gasteiger partial charge in [-0.1, -0.05) is 56.3 Å². The van der Waals surface area contributed by atoms with Gasteiger partial charge in [-0.15, -0.1) is 13.2 Å². The molecule has 0 spiro atoms. The molecule has 0 radical (unpaired) electrons. The summed E-state index contributed by atoms with van der Waals surface area (Å²) < 4.78 is 40.1. The molecule has 0 aliphatic heterocycles. The number of nitrogens with zero attached hydrogens (tertiary/aromatic N) is 2. The summed E-state index contributed by atoms with van der Waals surface area (Å²) in [6, 6.07) is 14.3. The minimum absolute atomic E-state index is 0.0719. The average molecular weight is 304 g/mol. The number of rotatable bonds is 2. The number of aromatic nitrogens is 2. The topological polar surface area (TPSA) is 17.8 Å². The SMILES string of the molecule is CC(C)c1cc(-c2cccc3ccccc23)n(C(F)(F)F)n1. The average Bonchev–Trinajstić information content (AvgIpc) is 2.92. The molecule has 0 N–H and O–H groups in total. The van der Waals surface area contributed by atoms with Gasteiger partial charge in [-0.2, -0.15) is 9.78 Å². The van der Waals surface area contributed by atoms with Gasteiger partial charge in [0, 0.05) is 5.56 Å². The van der Waals surface area contributed by atoms with Crippen LogP contribution in [0.4, 0.5) is 13.2 Å². The van der Waals surface area contributed by atoms with E-state index < -0.39 is 6.30 Å². The van der Waals surface area contributed by atoms with Crippen molar-refractivity contribution >= 4 is 10.8 Å². The van der Waals surface area contributed by atoms with E-state index in [0.717, 1.165) is 10.8 Å². The first-order valence-corrected chi connectivity index (χ1v) is 7.03. The number of hydrogen-bond acceptors (Lipinski definition) is 1. The van der Waals surface area contributed by atoms with Gasteiger partial charge >= 0.3 is 6.30 Å². The fourth-order valence-corrected chi connectivity index (χ4v) is 2.52. The summed E-state index contributed by atoms with van der Waals surface area (Å²) in [5, 5.41) is 5.44. The van der Waals surface area contributed by atoms with Crippen molar-refractivity contribution < 1.29 is 13.2 Å². The van der Waals surface area contributed by atoms with Crippen molar-refractivity contribution in [3.8, 4) is 11.3 Å². The molecule has 0 fully saturated rings. The van der Waals surface area contributed by atoms with Crippen molar-refractivity contribution in [1.29, 1.82) is 0 Å². The molecule has 3 aromatic rings. The molecule has 22 heavy (non-hydrogen) atoms. The van der Waals surface area contributed by atoms with Gasteiger partial charge in [0.25, 0.3) is 0 Å². The summed E-state index contributed by atoms with van der Waals surface area (Å²) in [5.74, 6) is -0.0719. The molecular formula is C17H15F3N2. The van der Waals surface area contributed by atoms with Crippen molar-refractivity contribution in [2.45, 2.75) is 26.1 Å². The van der Waals surface area contributed by atoms with Gasteiger partial charge < -0.3 is 0 Å². The second kappa shape index (κ2) is 5.16. The molecule has 1 aromatic heterocycles. The smallest absolute Gasteiger partial charge is 0.171 e. The van der Waals surface area contributed by atoms with Gasteiger partial charge in [0.2, 0.25) is 0 Å². The zero-order valence-corrected chi connectivity index (χ0v) is 12.2. The first-order chi connectivity index (χ1) is 10.4. The van der Waals surface area contributed by atoms with Crippen LogP contribution < -0.4 is 0 Å². The van der Waals surface area contributed by atoms with E-state index >= 15 is 0 Å². The normalized spacial score (nSPS) is 12.3. The Hall–Kier alpha value is -2.30. The van der Waals surface area contributed by atoms with Crippen LogP contribution in [0.3, 0.4) is 0 Å². The van der Waals surface area contributed by atoms with E-state index in [0.29, 0.717) is 11.3 Å². The van der Waals surface area contributed by atoms with E-state index in [1.54, 1.807) is 12.1 Å². The van der Waals surface area contributed by atoms with Crippen LogP contribution in [0.5, 0.6) is 0 Å². The summed E-state index contributed by atoms with van der Waals surface area (Å²) in [4.78, 5) is 0. The lowest BCUT2D eigenvalue weighted by Gasteiger charge is -2.12. The molecule has 2 aromatic carbocycles. The standard InChI is InChI=1S/C17H15F3N2/c1-11(2)15-10-16(22(21-15)17(18,19)20)14-9-5-7-12-6-3-4-8-13(12)14/h3-11H,1-2H3. The summed E-state index contributed by atoms with van der Waals surface area (Å²) in [7, 11) is 0. The fourth-order valence-electron chi connectivity index (χ4n) is 2.52. The summed E-state index contributed by atoms with van der Waals surface area (Å²) >= 11 is 0. The molecule has 3 rings (SSSR count). The molecule has 0 saturated carbocycles. The van der Waals surface area contributed by atoms with Gasteiger partial charge in [-0.25, -0.2) is 0 Å². The molecular weight excluding hydrogens is 289 g/mol. The highest BCUT2D eigenvalue weighted by Gasteiger charge is 2.35. The monoisotopic (exact) mass is 304 g/mol. The van der Waals surface area contributed by atoms with Crippen LogP contribution >= 0.6 is 0 Å². The van der Waals surface area contributed by atoms with Crippen LogP contribution in [-0.2, 0) is 6.30 Å². The maximum Gasteiger partial charge on any atom is 0.505 e. The quantitative estimate of drug-likeness (QED) is 0.628. The maximum absolute atomic E-state index is 13.3. The van der Waals surface area contributed by atoms with Crippen LogP contribution in [0.15, 0.2) is 48.5 Å². The maximum atomic E-state index is 13.3. The van der Waals surface area contributed by atoms with Crippen molar-refractivity contribution in [1.82, 2.24) is 9.78 Å². The molecule has 114 valence electrons. The first-order valence-electron chi connectivity index (χ1n) is 7.03. The number of benzene rings is 2. The molecule has 0 saturated heterocycles. The van der Waals surface area contributed by atoms with Crippen LogP contribution in [0.25, 0.3) is 22.0 Å². The summed E-state index contributed by atoms with van der Waals surface area (Å²) in [6.07, 6.45) is -4.54. The van der Waals surface area contributed by atoms with Crippen molar-refractivity contribution in [3.05, 3.63) is 54.2 Å². The Balaban J connectivity index is 2.30. The third kappa shape index (κ3) is 2.47. The van der Waals surface area contributed by atoms with Gasteiger partial charge in [0.1, 0.15) is 0 Å². The van der Waals surface area contributed by atoms with Crippen LogP contribution in [0, 0.1) is 0 Å². The van der Waals surface area contributed by atoms with Crippen molar-refractivity contribution in [2.75, 3.05) is 0 Å². The number of halogens is 3. The highest BCUT2D eigenvalue weighted by molar-refractivity contribution is 5.95.